The number of fused-ring (bicyclic) bond motifs is 1. The lowest BCUT2D eigenvalue weighted by molar-refractivity contribution is -0.277. The summed E-state index contributed by atoms with van der Waals surface area (Å²) in [5, 5.41) is 92.3. The summed E-state index contributed by atoms with van der Waals surface area (Å²) < 4.78 is 34.4. The molecule has 6 rings (SSSR count). The fraction of sp³-hybridized carbons (Fsp3) is 0.333. The maximum atomic E-state index is 12.8. The highest BCUT2D eigenvalue weighted by Crippen LogP contribution is 2.43. The summed E-state index contributed by atoms with van der Waals surface area (Å²) in [5.41, 5.74) is 0.338. The minimum Gasteiger partial charge on any atom is -0.508 e. The lowest BCUT2D eigenvalue weighted by Crippen LogP contribution is -2.60. The standard InChI is InChI=1S/C36H36O17/c37-14-25-28(42)30(44)32(46)36(52-25)51-24-13-21-22(49-34(24)17-4-8-19(39)9-5-17)11-20(40)12-23(21)50-35-33(47)31(45)29(43)26(53-35)15-48-27(41)10-3-16-1-6-18(38)7-2-16/h1-13,25-26,28-33,35-39,42-47H,14-15H2/p+1/t25-,26-,28-,29-,30+,31+,32-,33-,35-,36-/m1/s1. The molecule has 17 nitrogen and oxygen atoms in total. The number of rotatable bonds is 10. The molecule has 2 aromatic carbocycles. The fourth-order valence-electron chi connectivity index (χ4n) is 5.69. The Kier molecular flexibility index (Phi) is 11.3. The highest BCUT2D eigenvalue weighted by atomic mass is 16.7. The van der Waals surface area contributed by atoms with Crippen LogP contribution in [0.15, 0.2) is 82.0 Å². The van der Waals surface area contributed by atoms with E-state index in [9.17, 15) is 55.5 Å². The van der Waals surface area contributed by atoms with Crippen molar-refractivity contribution in [1.82, 2.24) is 0 Å². The molecule has 3 aliphatic heterocycles. The van der Waals surface area contributed by atoms with Crippen molar-refractivity contribution in [3.05, 3.63) is 88.6 Å². The van der Waals surface area contributed by atoms with Crippen molar-refractivity contribution in [3.8, 4) is 45.6 Å². The first-order valence-corrected chi connectivity index (χ1v) is 16.2. The molecule has 53 heavy (non-hydrogen) atoms. The normalized spacial score (nSPS) is 28.9. The molecular formula is C36H37O17+. The third-order valence-electron chi connectivity index (χ3n) is 8.63. The van der Waals surface area contributed by atoms with Gasteiger partial charge < -0.3 is 78.9 Å². The summed E-state index contributed by atoms with van der Waals surface area (Å²) in [6.45, 7) is -1.26. The Morgan fingerprint density at radius 1 is 0.717 bits per heavy atom. The molecule has 0 saturated carbocycles. The molecule has 0 aromatic heterocycles. The van der Waals surface area contributed by atoms with Crippen LogP contribution in [0.5, 0.6) is 23.0 Å². The van der Waals surface area contributed by atoms with E-state index in [1.165, 1.54) is 54.6 Å². The number of benzene rings is 3. The molecule has 2 saturated heterocycles. The van der Waals surface area contributed by atoms with Crippen LogP contribution in [0.25, 0.3) is 28.7 Å². The monoisotopic (exact) mass is 741 g/mol. The van der Waals surface area contributed by atoms with Crippen molar-refractivity contribution >= 4 is 12.0 Å². The molecule has 282 valence electrons. The molecule has 10 N–H and O–H groups in total. The van der Waals surface area contributed by atoms with E-state index in [1.54, 1.807) is 12.1 Å². The molecule has 2 aromatic rings. The number of phenolic OH excluding ortho intramolecular Hbond substituents is 2. The average molecular weight is 742 g/mol. The molecule has 0 unspecified atom stereocenters. The number of aliphatic hydroxyl groups is 7. The number of aromatic hydroxyl groups is 2. The van der Waals surface area contributed by atoms with E-state index in [2.05, 4.69) is 0 Å². The first-order valence-electron chi connectivity index (χ1n) is 16.2. The van der Waals surface area contributed by atoms with Crippen LogP contribution >= 0.6 is 0 Å². The molecule has 0 spiro atoms. The maximum Gasteiger partial charge on any atom is 0.510 e. The number of carbonyl (C=O) groups excluding carboxylic acids is 1. The largest absolute Gasteiger partial charge is 0.510 e. The highest BCUT2D eigenvalue weighted by Gasteiger charge is 2.47. The zero-order valence-electron chi connectivity index (χ0n) is 27.5. The van der Waals surface area contributed by atoms with Gasteiger partial charge in [0.15, 0.2) is 23.0 Å². The molecule has 2 fully saturated rings. The van der Waals surface area contributed by atoms with E-state index in [0.717, 1.165) is 12.1 Å². The van der Waals surface area contributed by atoms with Crippen LogP contribution in [0.1, 0.15) is 5.56 Å². The van der Waals surface area contributed by atoms with Crippen LogP contribution < -0.4 is 14.9 Å². The minimum absolute atomic E-state index is 0.0290. The SMILES string of the molecule is O=c1cc2oc(-c3ccc(O)cc3)c(O[C@@H]3O[C@H](CO)[C@@H](O)[C@H](O)[C@H]3O)cc-2c(O[C@@H]2O[C@H](COC(=[OH+])C=Cc3ccc(O)cc3)[C@@H](O)[C@H](O)[C@H]2O)c1. The molecule has 0 bridgehead atoms. The summed E-state index contributed by atoms with van der Waals surface area (Å²) in [4.78, 5) is 23.1. The first kappa shape index (κ1) is 37.7. The van der Waals surface area contributed by atoms with E-state index in [0.29, 0.717) is 11.1 Å². The third kappa shape index (κ3) is 8.28. The van der Waals surface area contributed by atoms with Gasteiger partial charge in [0, 0.05) is 17.7 Å². The maximum absolute atomic E-state index is 12.8. The van der Waals surface area contributed by atoms with Crippen LogP contribution in [0.2, 0.25) is 0 Å². The van der Waals surface area contributed by atoms with Crippen LogP contribution in [0.4, 0.5) is 0 Å². The first-order chi connectivity index (χ1) is 25.3. The third-order valence-corrected chi connectivity index (χ3v) is 8.63. The Balaban J connectivity index is 1.28. The summed E-state index contributed by atoms with van der Waals surface area (Å²) in [6, 6.07) is 15.1. The number of phenols is 2. The van der Waals surface area contributed by atoms with Crippen LogP contribution in [-0.4, -0.2) is 131 Å². The number of ether oxygens (including phenoxy) is 5. The van der Waals surface area contributed by atoms with E-state index < -0.39 is 86.0 Å². The molecule has 1 aliphatic carbocycles. The van der Waals surface area contributed by atoms with E-state index in [1.807, 2.05) is 0 Å². The Bertz CT molecular complexity index is 1920. The van der Waals surface area contributed by atoms with Crippen molar-refractivity contribution < 1.29 is 78.9 Å². The van der Waals surface area contributed by atoms with Crippen LogP contribution in [0, 0.1) is 0 Å². The van der Waals surface area contributed by atoms with Gasteiger partial charge in [-0.1, -0.05) is 12.1 Å². The summed E-state index contributed by atoms with van der Waals surface area (Å²) in [6.07, 6.45) is -14.1. The molecule has 0 radical (unpaired) electrons. The van der Waals surface area contributed by atoms with E-state index in [-0.39, 0.29) is 40.1 Å². The Hall–Kier alpha value is -5.08. The zero-order valence-corrected chi connectivity index (χ0v) is 27.5. The quantitative estimate of drug-likeness (QED) is 0.0559. The Morgan fingerprint density at radius 3 is 1.91 bits per heavy atom. The Morgan fingerprint density at radius 2 is 1.28 bits per heavy atom. The summed E-state index contributed by atoms with van der Waals surface area (Å²) in [7, 11) is 0. The molecule has 10 atom stereocenters. The molecule has 3 heterocycles. The van der Waals surface area contributed by atoms with Crippen molar-refractivity contribution in [3.63, 3.8) is 0 Å². The molecule has 4 aliphatic rings. The van der Waals surface area contributed by atoms with Crippen molar-refractivity contribution in [2.45, 2.75) is 61.4 Å². The predicted molar refractivity (Wildman–Crippen MR) is 180 cm³/mol. The van der Waals surface area contributed by atoms with Gasteiger partial charge in [-0.05, 0) is 54.1 Å². The van der Waals surface area contributed by atoms with Gasteiger partial charge in [0.1, 0.15) is 65.7 Å². The van der Waals surface area contributed by atoms with Gasteiger partial charge >= 0.3 is 5.97 Å². The van der Waals surface area contributed by atoms with Gasteiger partial charge in [-0.15, -0.1) is 0 Å². The lowest BCUT2D eigenvalue weighted by Gasteiger charge is -2.40. The number of esters is 1. The topological polar surface area (TPSA) is 280 Å². The van der Waals surface area contributed by atoms with Crippen molar-refractivity contribution in [2.75, 3.05) is 13.2 Å². The van der Waals surface area contributed by atoms with Crippen LogP contribution in [-0.2, 0) is 14.2 Å². The molecular weight excluding hydrogens is 704 g/mol. The Labute approximate surface area is 299 Å². The smallest absolute Gasteiger partial charge is 0.508 e. The van der Waals surface area contributed by atoms with Gasteiger partial charge in [0.25, 0.3) is 0 Å². The van der Waals surface area contributed by atoms with Gasteiger partial charge in [-0.3, -0.25) is 4.79 Å². The summed E-state index contributed by atoms with van der Waals surface area (Å²) in [5.74, 6) is -1.18. The second-order valence-corrected chi connectivity index (χ2v) is 12.3. The predicted octanol–water partition coefficient (Wildman–Crippen LogP) is -0.580. The molecule has 0 amide bonds. The highest BCUT2D eigenvalue weighted by molar-refractivity contribution is 5.88. The van der Waals surface area contributed by atoms with E-state index >= 15 is 0 Å². The second kappa shape index (κ2) is 15.9. The van der Waals surface area contributed by atoms with Crippen molar-refractivity contribution in [2.24, 2.45) is 0 Å². The average Bonchev–Trinajstić information content (AvgIpc) is 3.14. The van der Waals surface area contributed by atoms with Gasteiger partial charge in [0.05, 0.1) is 18.2 Å². The van der Waals surface area contributed by atoms with Gasteiger partial charge in [-0.25, -0.2) is 0 Å². The summed E-state index contributed by atoms with van der Waals surface area (Å²) >= 11 is 0. The number of aliphatic hydroxyl groups excluding tert-OH is 7. The van der Waals surface area contributed by atoms with Crippen LogP contribution in [0.3, 0.4) is 0 Å². The second-order valence-electron chi connectivity index (χ2n) is 12.3. The van der Waals surface area contributed by atoms with E-state index in [4.69, 9.17) is 28.1 Å². The number of hydrogen-bond donors (Lipinski definition) is 9. The minimum atomic E-state index is -1.86. The fourth-order valence-corrected chi connectivity index (χ4v) is 5.69. The zero-order chi connectivity index (χ0) is 38.0. The van der Waals surface area contributed by atoms with Crippen molar-refractivity contribution in [1.29, 1.82) is 0 Å². The lowest BCUT2D eigenvalue weighted by atomic mass is 9.99. The van der Waals surface area contributed by atoms with Gasteiger partial charge in [0.2, 0.25) is 19.2 Å². The van der Waals surface area contributed by atoms with Gasteiger partial charge in [-0.2, -0.15) is 0 Å². The number of hydrogen-bond acceptors (Lipinski definition) is 16. The molecule has 17 heteroatoms.